The fourth-order valence-electron chi connectivity index (χ4n) is 2.00. The van der Waals surface area contributed by atoms with Crippen LogP contribution in [0.15, 0.2) is 51.4 Å². The minimum absolute atomic E-state index is 0.0654. The summed E-state index contributed by atoms with van der Waals surface area (Å²) in [5, 5.41) is 2.41. The second-order valence-corrected chi connectivity index (χ2v) is 7.51. The van der Waals surface area contributed by atoms with Gasteiger partial charge in [-0.1, -0.05) is 31.9 Å². The minimum atomic E-state index is -0.470. The van der Waals surface area contributed by atoms with E-state index in [1.54, 1.807) is 42.5 Å². The Morgan fingerprint density at radius 1 is 1.00 bits per heavy atom. The number of amides is 2. The Morgan fingerprint density at radius 3 is 2.36 bits per heavy atom. The molecule has 3 N–H and O–H groups in total. The summed E-state index contributed by atoms with van der Waals surface area (Å²) < 4.78 is 12.4. The van der Waals surface area contributed by atoms with Crippen molar-refractivity contribution in [3.8, 4) is 11.5 Å². The van der Waals surface area contributed by atoms with E-state index in [4.69, 9.17) is 21.7 Å². The van der Waals surface area contributed by atoms with Crippen molar-refractivity contribution >= 4 is 61.0 Å². The summed E-state index contributed by atoms with van der Waals surface area (Å²) in [6, 6.07) is 12.1. The van der Waals surface area contributed by atoms with Crippen molar-refractivity contribution in [2.45, 2.75) is 6.92 Å². The number of thiocarbonyl (C=S) groups is 1. The van der Waals surface area contributed by atoms with Crippen LogP contribution in [0.1, 0.15) is 17.3 Å². The molecule has 0 bridgehead atoms. The van der Waals surface area contributed by atoms with Crippen LogP contribution in [0.2, 0.25) is 0 Å². The number of hydrogen-bond donors (Lipinski definition) is 3. The molecule has 0 saturated carbocycles. The number of carbonyl (C=O) groups is 2. The van der Waals surface area contributed by atoms with Crippen molar-refractivity contribution in [2.75, 3.05) is 13.2 Å². The van der Waals surface area contributed by atoms with Crippen LogP contribution in [-0.4, -0.2) is 30.1 Å². The van der Waals surface area contributed by atoms with Crippen LogP contribution in [0.25, 0.3) is 0 Å². The van der Waals surface area contributed by atoms with Gasteiger partial charge in [-0.3, -0.25) is 25.8 Å². The van der Waals surface area contributed by atoms with Gasteiger partial charge in [0.05, 0.1) is 12.2 Å². The molecule has 28 heavy (non-hydrogen) atoms. The van der Waals surface area contributed by atoms with E-state index in [-0.39, 0.29) is 11.7 Å². The zero-order valence-electron chi connectivity index (χ0n) is 14.8. The third-order valence-electron chi connectivity index (χ3n) is 3.21. The monoisotopic (exact) mass is 529 g/mol. The lowest BCUT2D eigenvalue weighted by Gasteiger charge is -2.13. The van der Waals surface area contributed by atoms with Gasteiger partial charge >= 0.3 is 0 Å². The van der Waals surface area contributed by atoms with E-state index in [0.717, 1.165) is 8.95 Å². The van der Waals surface area contributed by atoms with E-state index >= 15 is 0 Å². The van der Waals surface area contributed by atoms with Crippen molar-refractivity contribution in [1.29, 1.82) is 0 Å². The molecule has 2 amide bonds. The summed E-state index contributed by atoms with van der Waals surface area (Å²) >= 11 is 11.7. The highest BCUT2D eigenvalue weighted by atomic mass is 79.9. The first-order valence-corrected chi connectivity index (χ1v) is 10.1. The number of hydrazine groups is 1. The first-order valence-electron chi connectivity index (χ1n) is 8.10. The largest absolute Gasteiger partial charge is 0.493 e. The molecule has 2 aromatic rings. The molecule has 0 aromatic heterocycles. The molecular formula is C18H17Br2N3O4S. The van der Waals surface area contributed by atoms with Gasteiger partial charge in [-0.15, -0.1) is 0 Å². The van der Waals surface area contributed by atoms with Gasteiger partial charge < -0.3 is 9.47 Å². The predicted molar refractivity (Wildman–Crippen MR) is 116 cm³/mol. The summed E-state index contributed by atoms with van der Waals surface area (Å²) in [6.07, 6.45) is 0. The van der Waals surface area contributed by atoms with Gasteiger partial charge in [-0.25, -0.2) is 0 Å². The molecule has 7 nitrogen and oxygen atoms in total. The van der Waals surface area contributed by atoms with Crippen LogP contribution in [0.4, 0.5) is 0 Å². The Morgan fingerprint density at radius 2 is 1.68 bits per heavy atom. The first kappa shape index (κ1) is 22.1. The lowest BCUT2D eigenvalue weighted by molar-refractivity contribution is -0.123. The highest BCUT2D eigenvalue weighted by molar-refractivity contribution is 9.10. The molecule has 148 valence electrons. The zero-order chi connectivity index (χ0) is 20.5. The number of halogens is 2. The maximum Gasteiger partial charge on any atom is 0.276 e. The van der Waals surface area contributed by atoms with Gasteiger partial charge in [-0.05, 0) is 61.6 Å². The average molecular weight is 531 g/mol. The van der Waals surface area contributed by atoms with Crippen LogP contribution in [-0.2, 0) is 4.79 Å². The van der Waals surface area contributed by atoms with E-state index in [0.29, 0.717) is 23.7 Å². The second kappa shape index (κ2) is 11.0. The van der Waals surface area contributed by atoms with Crippen molar-refractivity contribution in [3.63, 3.8) is 0 Å². The number of nitrogens with one attached hydrogen (secondary N) is 3. The summed E-state index contributed by atoms with van der Waals surface area (Å²) in [5.41, 5.74) is 5.12. The van der Waals surface area contributed by atoms with E-state index in [1.165, 1.54) is 0 Å². The molecule has 0 aliphatic heterocycles. The van der Waals surface area contributed by atoms with Gasteiger partial charge in [0.15, 0.2) is 11.7 Å². The summed E-state index contributed by atoms with van der Waals surface area (Å²) in [5.74, 6) is 0.0462. The third-order valence-corrected chi connectivity index (χ3v) is 4.44. The van der Waals surface area contributed by atoms with Crippen molar-refractivity contribution in [2.24, 2.45) is 0 Å². The fraction of sp³-hybridized carbons (Fsp3) is 0.167. The molecular weight excluding hydrogens is 514 g/mol. The normalized spacial score (nSPS) is 9.96. The van der Waals surface area contributed by atoms with E-state index in [9.17, 15) is 9.59 Å². The molecule has 0 heterocycles. The summed E-state index contributed by atoms with van der Waals surface area (Å²) in [6.45, 7) is 2.02. The quantitative estimate of drug-likeness (QED) is 0.392. The number of ether oxygens (including phenoxy) is 2. The highest BCUT2D eigenvalue weighted by Gasteiger charge is 2.15. The molecule has 10 heteroatoms. The molecule has 0 spiro atoms. The van der Waals surface area contributed by atoms with E-state index in [2.05, 4.69) is 48.0 Å². The Balaban J connectivity index is 1.81. The van der Waals surface area contributed by atoms with Crippen LogP contribution in [0, 0.1) is 0 Å². The first-order chi connectivity index (χ1) is 13.4. The van der Waals surface area contributed by atoms with Crippen LogP contribution < -0.4 is 25.6 Å². The summed E-state index contributed by atoms with van der Waals surface area (Å²) in [7, 11) is 0. The number of hydrogen-bond acceptors (Lipinski definition) is 5. The summed E-state index contributed by atoms with van der Waals surface area (Å²) in [4.78, 5) is 24.2. The van der Waals surface area contributed by atoms with Crippen LogP contribution in [0.3, 0.4) is 0 Å². The molecule has 0 atom stereocenters. The van der Waals surface area contributed by atoms with Crippen molar-refractivity contribution < 1.29 is 19.1 Å². The highest BCUT2D eigenvalue weighted by Crippen LogP contribution is 2.23. The molecule has 0 fully saturated rings. The maximum atomic E-state index is 12.4. The topological polar surface area (TPSA) is 88.7 Å². The van der Waals surface area contributed by atoms with Gasteiger partial charge in [-0.2, -0.15) is 0 Å². The SMILES string of the molecule is CCOc1ccc(Br)cc1C(=O)NC(=S)NNC(=O)COc1ccc(Br)cc1. The Labute approximate surface area is 184 Å². The second-order valence-electron chi connectivity index (χ2n) is 5.27. The molecule has 0 unspecified atom stereocenters. The van der Waals surface area contributed by atoms with Gasteiger partial charge in [0.25, 0.3) is 11.8 Å². The standard InChI is InChI=1S/C18H17Br2N3O4S/c1-2-26-15-8-5-12(20)9-14(15)17(25)21-18(28)23-22-16(24)10-27-13-6-3-11(19)4-7-13/h3-9H,2,10H2,1H3,(H,22,24)(H2,21,23,25,28). The predicted octanol–water partition coefficient (Wildman–Crippen LogP) is 3.32. The Bertz CT molecular complexity index is 862. The average Bonchev–Trinajstić information content (AvgIpc) is 2.67. The minimum Gasteiger partial charge on any atom is -0.493 e. The lowest BCUT2D eigenvalue weighted by atomic mass is 10.2. The van der Waals surface area contributed by atoms with Crippen LogP contribution >= 0.6 is 44.1 Å². The number of rotatable bonds is 6. The Kier molecular flexibility index (Phi) is 8.68. The molecule has 2 rings (SSSR count). The molecule has 0 saturated heterocycles. The molecule has 0 aliphatic rings. The Hall–Kier alpha value is -2.17. The fourth-order valence-corrected chi connectivity index (χ4v) is 2.77. The van der Waals surface area contributed by atoms with Gasteiger partial charge in [0, 0.05) is 8.95 Å². The van der Waals surface area contributed by atoms with Gasteiger partial charge in [0.1, 0.15) is 11.5 Å². The van der Waals surface area contributed by atoms with E-state index in [1.807, 2.05) is 6.92 Å². The lowest BCUT2D eigenvalue weighted by Crippen LogP contribution is -2.49. The maximum absolute atomic E-state index is 12.4. The molecule has 0 radical (unpaired) electrons. The zero-order valence-corrected chi connectivity index (χ0v) is 18.7. The van der Waals surface area contributed by atoms with Crippen LogP contribution in [0.5, 0.6) is 11.5 Å². The van der Waals surface area contributed by atoms with Gasteiger partial charge in [0.2, 0.25) is 0 Å². The number of benzene rings is 2. The number of carbonyl (C=O) groups excluding carboxylic acids is 2. The van der Waals surface area contributed by atoms with E-state index < -0.39 is 11.8 Å². The molecule has 2 aromatic carbocycles. The third kappa shape index (κ3) is 7.10. The smallest absolute Gasteiger partial charge is 0.276 e. The molecule has 0 aliphatic carbocycles. The van der Waals surface area contributed by atoms with Crippen molar-refractivity contribution in [3.05, 3.63) is 57.0 Å². The van der Waals surface area contributed by atoms with Crippen molar-refractivity contribution in [1.82, 2.24) is 16.2 Å².